The first kappa shape index (κ1) is 24.2. The number of sulfonamides is 1. The summed E-state index contributed by atoms with van der Waals surface area (Å²) in [6.07, 6.45) is 0. The van der Waals surface area contributed by atoms with Crippen molar-refractivity contribution < 1.29 is 23.1 Å². The average molecular weight is 584 g/mol. The molecule has 0 spiro atoms. The zero-order valence-electron chi connectivity index (χ0n) is 17.1. The van der Waals surface area contributed by atoms with E-state index in [9.17, 15) is 18.3 Å². The molecule has 0 aliphatic carbocycles. The molecule has 7 nitrogen and oxygen atoms in total. The van der Waals surface area contributed by atoms with Gasteiger partial charge < -0.3 is 15.6 Å². The number of hydrogen-bond acceptors (Lipinski definition) is 6. The fourth-order valence-electron chi connectivity index (χ4n) is 3.12. The van der Waals surface area contributed by atoms with E-state index in [2.05, 4.69) is 31.9 Å². The number of carbonyl (C=O) groups is 1. The lowest BCUT2D eigenvalue weighted by atomic mass is 10.0. The summed E-state index contributed by atoms with van der Waals surface area (Å²) in [5.74, 6) is 0.521. The largest absolute Gasteiger partial charge is 0.508 e. The van der Waals surface area contributed by atoms with Crippen LogP contribution in [0.3, 0.4) is 0 Å². The molecular formula is C22H20Br2N2O5S. The van der Waals surface area contributed by atoms with Gasteiger partial charge in [-0.2, -0.15) is 0 Å². The lowest BCUT2D eigenvalue weighted by Gasteiger charge is -2.16. The van der Waals surface area contributed by atoms with Gasteiger partial charge in [0.15, 0.2) is 5.78 Å². The van der Waals surface area contributed by atoms with Crippen molar-refractivity contribution in [2.24, 2.45) is 5.14 Å². The highest BCUT2D eigenvalue weighted by Gasteiger charge is 2.26. The number of nitrogens with two attached hydrogens (primary N) is 2. The van der Waals surface area contributed by atoms with Crippen LogP contribution in [0, 0.1) is 0 Å². The highest BCUT2D eigenvalue weighted by molar-refractivity contribution is 9.11. The number of ether oxygens (including phenoxy) is 1. The minimum Gasteiger partial charge on any atom is -0.508 e. The molecule has 0 unspecified atom stereocenters. The van der Waals surface area contributed by atoms with E-state index in [0.29, 0.717) is 11.3 Å². The van der Waals surface area contributed by atoms with Crippen LogP contribution in [0.1, 0.15) is 41.3 Å². The Morgan fingerprint density at radius 2 is 1.75 bits per heavy atom. The number of benzene rings is 3. The molecule has 0 radical (unpaired) electrons. The molecular weight excluding hydrogens is 564 g/mol. The number of para-hydroxylation sites is 1. The minimum absolute atomic E-state index is 0.0719. The lowest BCUT2D eigenvalue weighted by Crippen LogP contribution is -2.16. The van der Waals surface area contributed by atoms with E-state index in [1.165, 1.54) is 12.1 Å². The van der Waals surface area contributed by atoms with Gasteiger partial charge in [0, 0.05) is 10.0 Å². The Balaban J connectivity index is 2.08. The van der Waals surface area contributed by atoms with Crippen molar-refractivity contribution in [3.63, 3.8) is 0 Å². The molecule has 5 N–H and O–H groups in total. The minimum atomic E-state index is -4.09. The number of nitrogen functional groups attached to an aromatic ring is 1. The van der Waals surface area contributed by atoms with Gasteiger partial charge >= 0.3 is 0 Å². The third kappa shape index (κ3) is 4.83. The van der Waals surface area contributed by atoms with Crippen molar-refractivity contribution in [2.75, 3.05) is 5.73 Å². The SMILES string of the molecule is CC(C)c1cc(Oc2ccccc2C(=O)c2c(Br)cc(S(N)(=O)=O)c(N)c2Br)ccc1O. The molecule has 0 fully saturated rings. The Bertz CT molecular complexity index is 1320. The second-order valence-corrected chi connectivity index (χ2v) is 10.5. The molecule has 0 aromatic heterocycles. The van der Waals surface area contributed by atoms with E-state index >= 15 is 0 Å². The van der Waals surface area contributed by atoms with Crippen molar-refractivity contribution in [3.05, 3.63) is 74.2 Å². The number of aromatic hydroxyl groups is 1. The topological polar surface area (TPSA) is 133 Å². The molecule has 0 bridgehead atoms. The van der Waals surface area contributed by atoms with Gasteiger partial charge in [-0.1, -0.05) is 26.0 Å². The van der Waals surface area contributed by atoms with Gasteiger partial charge in [0.05, 0.1) is 21.3 Å². The number of primary sulfonamides is 1. The van der Waals surface area contributed by atoms with Gasteiger partial charge in [-0.3, -0.25) is 4.79 Å². The van der Waals surface area contributed by atoms with Gasteiger partial charge in [-0.15, -0.1) is 0 Å². The number of phenolic OH excluding ortho intramolecular Hbond substituents is 1. The molecule has 3 aromatic rings. The zero-order chi connectivity index (χ0) is 23.8. The van der Waals surface area contributed by atoms with Gasteiger partial charge in [-0.05, 0) is 74.2 Å². The van der Waals surface area contributed by atoms with Gasteiger partial charge in [0.1, 0.15) is 22.1 Å². The standard InChI is InChI=1S/C22H20Br2N2O5S/c1-11(2)14-9-12(7-8-16(14)27)31-17-6-4-3-5-13(17)22(28)19-15(23)10-18(32(26,29)30)21(25)20(19)24/h3-11,27H,25H2,1-2H3,(H2,26,29,30). The summed E-state index contributed by atoms with van der Waals surface area (Å²) in [6.45, 7) is 3.89. The summed E-state index contributed by atoms with van der Waals surface area (Å²) >= 11 is 6.48. The quantitative estimate of drug-likeness (QED) is 0.266. The van der Waals surface area contributed by atoms with Crippen LogP contribution in [0.25, 0.3) is 0 Å². The van der Waals surface area contributed by atoms with Crippen LogP contribution < -0.4 is 15.6 Å². The number of halogens is 2. The number of hydrogen-bond donors (Lipinski definition) is 3. The smallest absolute Gasteiger partial charge is 0.240 e. The summed E-state index contributed by atoms with van der Waals surface area (Å²) in [6, 6.07) is 12.7. The first-order valence-corrected chi connectivity index (χ1v) is 12.5. The Morgan fingerprint density at radius 1 is 1.09 bits per heavy atom. The van der Waals surface area contributed by atoms with E-state index in [0.717, 1.165) is 0 Å². The van der Waals surface area contributed by atoms with Crippen LogP contribution >= 0.6 is 31.9 Å². The van der Waals surface area contributed by atoms with E-state index in [4.69, 9.17) is 15.6 Å². The summed E-state index contributed by atoms with van der Waals surface area (Å²) in [7, 11) is -4.09. The highest BCUT2D eigenvalue weighted by atomic mass is 79.9. The molecule has 32 heavy (non-hydrogen) atoms. The van der Waals surface area contributed by atoms with E-state index in [-0.39, 0.29) is 48.1 Å². The van der Waals surface area contributed by atoms with Gasteiger partial charge in [0.25, 0.3) is 0 Å². The predicted molar refractivity (Wildman–Crippen MR) is 130 cm³/mol. The van der Waals surface area contributed by atoms with Crippen molar-refractivity contribution in [3.8, 4) is 17.2 Å². The third-order valence-electron chi connectivity index (χ3n) is 4.73. The molecule has 3 rings (SSSR count). The third-order valence-corrected chi connectivity index (χ3v) is 7.13. The first-order valence-electron chi connectivity index (χ1n) is 9.36. The number of ketones is 1. The molecule has 0 amide bonds. The fraction of sp³-hybridized carbons (Fsp3) is 0.136. The molecule has 0 heterocycles. The maximum Gasteiger partial charge on any atom is 0.240 e. The fourth-order valence-corrected chi connectivity index (χ4v) is 5.57. The Kier molecular flexibility index (Phi) is 6.99. The highest BCUT2D eigenvalue weighted by Crippen LogP contribution is 2.39. The number of anilines is 1. The Hall–Kier alpha value is -2.40. The monoisotopic (exact) mass is 582 g/mol. The first-order chi connectivity index (χ1) is 14.9. The average Bonchev–Trinajstić information content (AvgIpc) is 2.71. The maximum atomic E-state index is 13.4. The van der Waals surface area contributed by atoms with Gasteiger partial charge in [0.2, 0.25) is 10.0 Å². The zero-order valence-corrected chi connectivity index (χ0v) is 21.1. The Morgan fingerprint density at radius 3 is 2.38 bits per heavy atom. The number of rotatable bonds is 6. The second kappa shape index (κ2) is 9.22. The molecule has 168 valence electrons. The van der Waals surface area contributed by atoms with E-state index < -0.39 is 15.8 Å². The second-order valence-electron chi connectivity index (χ2n) is 7.31. The summed E-state index contributed by atoms with van der Waals surface area (Å²) in [4.78, 5) is 13.1. The summed E-state index contributed by atoms with van der Waals surface area (Å²) in [5, 5.41) is 15.3. The summed E-state index contributed by atoms with van der Waals surface area (Å²) in [5.41, 5.74) is 6.84. The number of carbonyl (C=O) groups excluding carboxylic acids is 1. The van der Waals surface area contributed by atoms with Crippen molar-refractivity contribution in [2.45, 2.75) is 24.7 Å². The summed E-state index contributed by atoms with van der Waals surface area (Å²) < 4.78 is 29.9. The van der Waals surface area contributed by atoms with Crippen LogP contribution in [-0.2, 0) is 10.0 Å². The van der Waals surface area contributed by atoms with Gasteiger partial charge in [-0.25, -0.2) is 13.6 Å². The van der Waals surface area contributed by atoms with E-state index in [1.807, 2.05) is 13.8 Å². The van der Waals surface area contributed by atoms with Crippen LogP contribution in [0.2, 0.25) is 0 Å². The molecule has 0 aliphatic rings. The van der Waals surface area contributed by atoms with Crippen molar-refractivity contribution in [1.82, 2.24) is 0 Å². The predicted octanol–water partition coefficient (Wildman–Crippen LogP) is 5.29. The molecule has 0 atom stereocenters. The van der Waals surface area contributed by atoms with Crippen LogP contribution in [0.4, 0.5) is 5.69 Å². The molecule has 10 heteroatoms. The van der Waals surface area contributed by atoms with E-state index in [1.54, 1.807) is 36.4 Å². The molecule has 0 saturated heterocycles. The molecule has 3 aromatic carbocycles. The number of phenols is 1. The van der Waals surface area contributed by atoms with Crippen molar-refractivity contribution >= 4 is 53.4 Å². The Labute approximate surface area is 202 Å². The van der Waals surface area contributed by atoms with Crippen LogP contribution in [0.15, 0.2) is 62.4 Å². The van der Waals surface area contributed by atoms with Crippen molar-refractivity contribution in [1.29, 1.82) is 0 Å². The van der Waals surface area contributed by atoms with Crippen LogP contribution in [0.5, 0.6) is 17.2 Å². The lowest BCUT2D eigenvalue weighted by molar-refractivity contribution is 0.103. The normalized spacial score (nSPS) is 11.6. The van der Waals surface area contributed by atoms with Crippen LogP contribution in [-0.4, -0.2) is 19.3 Å². The maximum absolute atomic E-state index is 13.4. The molecule has 0 aliphatic heterocycles. The molecule has 0 saturated carbocycles.